The van der Waals surface area contributed by atoms with Crippen LogP contribution in [0, 0.1) is 0 Å². The Bertz CT molecular complexity index is 136. The number of hydrogen-bond acceptors (Lipinski definition) is 3. The van der Waals surface area contributed by atoms with Gasteiger partial charge in [0.1, 0.15) is 6.61 Å². The van der Waals surface area contributed by atoms with E-state index in [1.807, 2.05) is 6.92 Å². The van der Waals surface area contributed by atoms with Crippen LogP contribution in [0.3, 0.4) is 0 Å². The van der Waals surface area contributed by atoms with Crippen molar-refractivity contribution in [3.63, 3.8) is 0 Å². The van der Waals surface area contributed by atoms with E-state index in [1.54, 1.807) is 6.92 Å². The van der Waals surface area contributed by atoms with Crippen LogP contribution in [-0.4, -0.2) is 31.5 Å². The molecule has 0 fully saturated rings. The first-order valence-corrected chi connectivity index (χ1v) is 4.00. The van der Waals surface area contributed by atoms with Gasteiger partial charge >= 0.3 is 5.97 Å². The van der Waals surface area contributed by atoms with Crippen LogP contribution < -0.4 is 0 Å². The maximum absolute atomic E-state index is 12.2. The Morgan fingerprint density at radius 1 is 1.50 bits per heavy atom. The highest BCUT2D eigenvalue weighted by Crippen LogP contribution is 1.96. The standard InChI is InChI=1S/C8H15FO3/c1-4-11-6(2)5-12-8(10)7(3)9/h6-7H,4-5H2,1-3H3. The number of ether oxygens (including phenoxy) is 2. The topological polar surface area (TPSA) is 35.5 Å². The lowest BCUT2D eigenvalue weighted by Crippen LogP contribution is -2.23. The highest BCUT2D eigenvalue weighted by molar-refractivity contribution is 5.73. The number of esters is 1. The first kappa shape index (κ1) is 11.4. The Morgan fingerprint density at radius 3 is 2.50 bits per heavy atom. The lowest BCUT2D eigenvalue weighted by atomic mass is 10.4. The molecule has 0 spiro atoms. The molecule has 0 aromatic rings. The van der Waals surface area contributed by atoms with Gasteiger partial charge in [-0.15, -0.1) is 0 Å². The summed E-state index contributed by atoms with van der Waals surface area (Å²) in [6.45, 7) is 5.42. The predicted octanol–water partition coefficient (Wildman–Crippen LogP) is 1.31. The average Bonchev–Trinajstić information content (AvgIpc) is 2.00. The number of alkyl halides is 1. The van der Waals surface area contributed by atoms with E-state index in [0.29, 0.717) is 6.61 Å². The quantitative estimate of drug-likeness (QED) is 0.595. The molecular weight excluding hydrogens is 163 g/mol. The van der Waals surface area contributed by atoms with E-state index in [1.165, 1.54) is 0 Å². The molecule has 2 atom stereocenters. The predicted molar refractivity (Wildman–Crippen MR) is 42.6 cm³/mol. The second-order valence-corrected chi connectivity index (χ2v) is 2.51. The van der Waals surface area contributed by atoms with Crippen molar-refractivity contribution in [2.75, 3.05) is 13.2 Å². The van der Waals surface area contributed by atoms with Crippen molar-refractivity contribution >= 4 is 5.97 Å². The second kappa shape index (κ2) is 5.94. The number of carbonyl (C=O) groups excluding carboxylic acids is 1. The van der Waals surface area contributed by atoms with E-state index in [2.05, 4.69) is 4.74 Å². The number of rotatable bonds is 5. The van der Waals surface area contributed by atoms with Crippen molar-refractivity contribution in [3.8, 4) is 0 Å². The van der Waals surface area contributed by atoms with Crippen LogP contribution in [0.5, 0.6) is 0 Å². The third kappa shape index (κ3) is 5.07. The monoisotopic (exact) mass is 178 g/mol. The van der Waals surface area contributed by atoms with Gasteiger partial charge in [-0.3, -0.25) is 0 Å². The molecule has 0 aliphatic rings. The molecule has 72 valence electrons. The Labute approximate surface area is 71.8 Å². The third-order valence-corrected chi connectivity index (χ3v) is 1.24. The van der Waals surface area contributed by atoms with E-state index in [4.69, 9.17) is 4.74 Å². The van der Waals surface area contributed by atoms with Gasteiger partial charge in [-0.05, 0) is 20.8 Å². The summed E-state index contributed by atoms with van der Waals surface area (Å²) < 4.78 is 21.9. The van der Waals surface area contributed by atoms with E-state index >= 15 is 0 Å². The summed E-state index contributed by atoms with van der Waals surface area (Å²) in [5, 5.41) is 0. The van der Waals surface area contributed by atoms with E-state index < -0.39 is 12.1 Å². The van der Waals surface area contributed by atoms with Gasteiger partial charge in [0, 0.05) is 6.61 Å². The van der Waals surface area contributed by atoms with Gasteiger partial charge in [0.15, 0.2) is 6.17 Å². The van der Waals surface area contributed by atoms with E-state index in [9.17, 15) is 9.18 Å². The highest BCUT2D eigenvalue weighted by atomic mass is 19.1. The van der Waals surface area contributed by atoms with Gasteiger partial charge in [-0.2, -0.15) is 0 Å². The number of hydrogen-bond donors (Lipinski definition) is 0. The summed E-state index contributed by atoms with van der Waals surface area (Å²) in [4.78, 5) is 10.6. The molecule has 0 radical (unpaired) electrons. The molecule has 0 aromatic heterocycles. The fourth-order valence-corrected chi connectivity index (χ4v) is 0.647. The van der Waals surface area contributed by atoms with E-state index in [-0.39, 0.29) is 12.7 Å². The zero-order chi connectivity index (χ0) is 9.56. The van der Waals surface area contributed by atoms with Crippen LogP contribution in [-0.2, 0) is 14.3 Å². The van der Waals surface area contributed by atoms with Gasteiger partial charge in [0.2, 0.25) is 0 Å². The van der Waals surface area contributed by atoms with Gasteiger partial charge in [-0.1, -0.05) is 0 Å². The maximum Gasteiger partial charge on any atom is 0.340 e. The summed E-state index contributed by atoms with van der Waals surface area (Å²) in [6.07, 6.45) is -1.73. The molecule has 2 unspecified atom stereocenters. The maximum atomic E-state index is 12.2. The van der Waals surface area contributed by atoms with Crippen molar-refractivity contribution in [1.29, 1.82) is 0 Å². The zero-order valence-electron chi connectivity index (χ0n) is 7.67. The van der Waals surface area contributed by atoms with Crippen LogP contribution in [0.4, 0.5) is 4.39 Å². The Hall–Kier alpha value is -0.640. The molecule has 0 saturated heterocycles. The lowest BCUT2D eigenvalue weighted by Gasteiger charge is -2.11. The first-order chi connectivity index (χ1) is 5.57. The summed E-state index contributed by atoms with van der Waals surface area (Å²) >= 11 is 0. The minimum Gasteiger partial charge on any atom is -0.461 e. The summed E-state index contributed by atoms with van der Waals surface area (Å²) in [5.41, 5.74) is 0. The smallest absolute Gasteiger partial charge is 0.340 e. The molecule has 0 amide bonds. The normalized spacial score (nSPS) is 15.3. The second-order valence-electron chi connectivity index (χ2n) is 2.51. The molecule has 0 heterocycles. The van der Waals surface area contributed by atoms with Crippen molar-refractivity contribution in [1.82, 2.24) is 0 Å². The van der Waals surface area contributed by atoms with Gasteiger partial charge in [-0.25, -0.2) is 9.18 Å². The van der Waals surface area contributed by atoms with Gasteiger partial charge in [0.25, 0.3) is 0 Å². The van der Waals surface area contributed by atoms with Crippen LogP contribution in [0.1, 0.15) is 20.8 Å². The molecule has 0 bridgehead atoms. The largest absolute Gasteiger partial charge is 0.461 e. The van der Waals surface area contributed by atoms with Crippen molar-refractivity contribution in [3.05, 3.63) is 0 Å². The molecule has 0 aromatic carbocycles. The summed E-state index contributed by atoms with van der Waals surface area (Å²) in [7, 11) is 0. The minimum absolute atomic E-state index is 0.112. The van der Waals surface area contributed by atoms with Crippen molar-refractivity contribution < 1.29 is 18.7 Å². The number of carbonyl (C=O) groups is 1. The van der Waals surface area contributed by atoms with Crippen molar-refractivity contribution in [2.45, 2.75) is 33.0 Å². The molecule has 0 aliphatic heterocycles. The molecular formula is C8H15FO3. The first-order valence-electron chi connectivity index (χ1n) is 4.00. The van der Waals surface area contributed by atoms with Gasteiger partial charge < -0.3 is 9.47 Å². The van der Waals surface area contributed by atoms with Crippen LogP contribution in [0.15, 0.2) is 0 Å². The molecule has 12 heavy (non-hydrogen) atoms. The van der Waals surface area contributed by atoms with Crippen molar-refractivity contribution in [2.24, 2.45) is 0 Å². The third-order valence-electron chi connectivity index (χ3n) is 1.24. The highest BCUT2D eigenvalue weighted by Gasteiger charge is 2.13. The summed E-state index contributed by atoms with van der Waals surface area (Å²) in [6, 6.07) is 0. The SMILES string of the molecule is CCOC(C)COC(=O)C(C)F. The van der Waals surface area contributed by atoms with E-state index in [0.717, 1.165) is 6.92 Å². The minimum atomic E-state index is -1.56. The van der Waals surface area contributed by atoms with Gasteiger partial charge in [0.05, 0.1) is 6.10 Å². The molecule has 0 saturated carbocycles. The lowest BCUT2D eigenvalue weighted by molar-refractivity contribution is -0.152. The molecule has 4 heteroatoms. The summed E-state index contributed by atoms with van der Waals surface area (Å²) in [5.74, 6) is -0.832. The van der Waals surface area contributed by atoms with Crippen LogP contribution >= 0.6 is 0 Å². The fraction of sp³-hybridized carbons (Fsp3) is 0.875. The average molecular weight is 178 g/mol. The molecule has 3 nitrogen and oxygen atoms in total. The van der Waals surface area contributed by atoms with Crippen LogP contribution in [0.2, 0.25) is 0 Å². The zero-order valence-corrected chi connectivity index (χ0v) is 7.67. The Morgan fingerprint density at radius 2 is 2.08 bits per heavy atom. The molecule has 0 N–H and O–H groups in total. The Kier molecular flexibility index (Phi) is 5.62. The Balaban J connectivity index is 3.47. The number of halogens is 1. The molecule has 0 aliphatic carbocycles. The van der Waals surface area contributed by atoms with Crippen LogP contribution in [0.25, 0.3) is 0 Å². The molecule has 0 rings (SSSR count). The fourth-order valence-electron chi connectivity index (χ4n) is 0.647.